The number of benzene rings is 1. The van der Waals surface area contributed by atoms with E-state index in [-0.39, 0.29) is 22.9 Å². The fourth-order valence-electron chi connectivity index (χ4n) is 2.39. The number of likely N-dealkylation sites (N-methyl/N-ethyl adjacent to an activating group) is 1. The van der Waals surface area contributed by atoms with E-state index in [9.17, 15) is 19.7 Å². The molecule has 0 spiro atoms. The summed E-state index contributed by atoms with van der Waals surface area (Å²) in [4.78, 5) is 35.7. The van der Waals surface area contributed by atoms with E-state index in [1.165, 1.54) is 33.7 Å². The number of rotatable bonds is 5. The highest BCUT2D eigenvalue weighted by atomic mass is 16.6. The first kappa shape index (κ1) is 18.2. The van der Waals surface area contributed by atoms with E-state index in [1.807, 2.05) is 6.92 Å². The van der Waals surface area contributed by atoms with E-state index in [4.69, 9.17) is 4.74 Å². The Morgan fingerprint density at radius 1 is 1.32 bits per heavy atom. The molecule has 0 saturated heterocycles. The van der Waals surface area contributed by atoms with Gasteiger partial charge in [0.1, 0.15) is 5.75 Å². The van der Waals surface area contributed by atoms with Crippen LogP contribution < -0.4 is 10.3 Å². The summed E-state index contributed by atoms with van der Waals surface area (Å²) in [6.45, 7) is 2.15. The molecule has 0 saturated carbocycles. The molecule has 0 aliphatic carbocycles. The standard InChI is InChI=1S/C17H19N3O5/c1-12(15-5-4-10-18(2)16(15)21)11-19(3)17(22)25-14-8-6-13(7-9-14)20(23)24/h4-10,12H,11H2,1-3H3. The quantitative estimate of drug-likeness (QED) is 0.613. The third-order valence-electron chi connectivity index (χ3n) is 3.80. The summed E-state index contributed by atoms with van der Waals surface area (Å²) < 4.78 is 6.67. The highest BCUT2D eigenvalue weighted by Crippen LogP contribution is 2.18. The molecule has 0 aliphatic rings. The highest BCUT2D eigenvalue weighted by Gasteiger charge is 2.18. The van der Waals surface area contributed by atoms with Crippen LogP contribution in [0.5, 0.6) is 5.75 Å². The van der Waals surface area contributed by atoms with Gasteiger partial charge in [0.15, 0.2) is 0 Å². The van der Waals surface area contributed by atoms with E-state index < -0.39 is 11.0 Å². The van der Waals surface area contributed by atoms with Gasteiger partial charge in [-0.1, -0.05) is 13.0 Å². The Morgan fingerprint density at radius 2 is 1.96 bits per heavy atom. The minimum atomic E-state index is -0.603. The van der Waals surface area contributed by atoms with Crippen molar-refractivity contribution in [3.8, 4) is 5.75 Å². The van der Waals surface area contributed by atoms with Gasteiger partial charge in [-0.2, -0.15) is 0 Å². The Morgan fingerprint density at radius 3 is 2.56 bits per heavy atom. The number of non-ortho nitro benzene ring substituents is 1. The molecule has 0 radical (unpaired) electrons. The SMILES string of the molecule is CC(CN(C)C(=O)Oc1ccc([N+](=O)[O-])cc1)c1cccn(C)c1=O. The van der Waals surface area contributed by atoms with E-state index in [0.29, 0.717) is 12.1 Å². The normalized spacial score (nSPS) is 11.6. The molecule has 1 unspecified atom stereocenters. The Balaban J connectivity index is 2.01. The number of nitrogens with zero attached hydrogens (tertiary/aromatic N) is 3. The zero-order valence-electron chi connectivity index (χ0n) is 14.2. The number of ether oxygens (including phenoxy) is 1. The van der Waals surface area contributed by atoms with Crippen molar-refractivity contribution in [1.82, 2.24) is 9.47 Å². The maximum absolute atomic E-state index is 12.1. The molecule has 8 nitrogen and oxygen atoms in total. The summed E-state index contributed by atoms with van der Waals surface area (Å²) in [5.74, 6) is 0.0417. The summed E-state index contributed by atoms with van der Waals surface area (Å²) in [7, 11) is 3.24. The number of amides is 1. The van der Waals surface area contributed by atoms with Crippen LogP contribution in [0.1, 0.15) is 18.4 Å². The van der Waals surface area contributed by atoms with E-state index in [2.05, 4.69) is 0 Å². The number of carbonyl (C=O) groups is 1. The second-order valence-electron chi connectivity index (χ2n) is 5.78. The first-order valence-electron chi connectivity index (χ1n) is 7.62. The third-order valence-corrected chi connectivity index (χ3v) is 3.80. The van der Waals surface area contributed by atoms with Gasteiger partial charge in [-0.05, 0) is 18.2 Å². The van der Waals surface area contributed by atoms with Crippen LogP contribution >= 0.6 is 0 Å². The lowest BCUT2D eigenvalue weighted by molar-refractivity contribution is -0.384. The number of nitro groups is 1. The second kappa shape index (κ2) is 7.61. The van der Waals surface area contributed by atoms with Gasteiger partial charge < -0.3 is 14.2 Å². The van der Waals surface area contributed by atoms with Crippen LogP contribution in [-0.2, 0) is 7.05 Å². The van der Waals surface area contributed by atoms with Gasteiger partial charge in [0.05, 0.1) is 4.92 Å². The maximum atomic E-state index is 12.1. The maximum Gasteiger partial charge on any atom is 0.414 e. The van der Waals surface area contributed by atoms with Gasteiger partial charge >= 0.3 is 6.09 Å². The van der Waals surface area contributed by atoms with Crippen LogP contribution in [0.2, 0.25) is 0 Å². The summed E-state index contributed by atoms with van der Waals surface area (Å²) in [5, 5.41) is 10.6. The Bertz CT molecular complexity index is 829. The smallest absolute Gasteiger partial charge is 0.410 e. The molecule has 25 heavy (non-hydrogen) atoms. The van der Waals surface area contributed by atoms with Crippen molar-refractivity contribution in [2.45, 2.75) is 12.8 Å². The van der Waals surface area contributed by atoms with Gasteiger partial charge in [-0.15, -0.1) is 0 Å². The molecular weight excluding hydrogens is 326 g/mol. The van der Waals surface area contributed by atoms with Crippen molar-refractivity contribution in [3.05, 3.63) is 68.6 Å². The first-order valence-corrected chi connectivity index (χ1v) is 7.62. The average Bonchev–Trinajstić information content (AvgIpc) is 2.57. The largest absolute Gasteiger partial charge is 0.414 e. The van der Waals surface area contributed by atoms with Crippen molar-refractivity contribution in [2.75, 3.05) is 13.6 Å². The average molecular weight is 345 g/mol. The molecule has 1 aromatic heterocycles. The zero-order valence-corrected chi connectivity index (χ0v) is 14.2. The van der Waals surface area contributed by atoms with Crippen LogP contribution in [0.3, 0.4) is 0 Å². The lowest BCUT2D eigenvalue weighted by Crippen LogP contribution is -2.34. The van der Waals surface area contributed by atoms with Gasteiger partial charge in [-0.25, -0.2) is 4.79 Å². The van der Waals surface area contributed by atoms with E-state index in [1.54, 1.807) is 32.4 Å². The monoisotopic (exact) mass is 345 g/mol. The van der Waals surface area contributed by atoms with Gasteiger partial charge in [0, 0.05) is 50.5 Å². The molecular formula is C17H19N3O5. The molecule has 0 fully saturated rings. The Labute approximate surface area is 144 Å². The van der Waals surface area contributed by atoms with Crippen molar-refractivity contribution >= 4 is 11.8 Å². The van der Waals surface area contributed by atoms with E-state index in [0.717, 1.165) is 0 Å². The minimum absolute atomic E-state index is 0.0818. The van der Waals surface area contributed by atoms with Crippen molar-refractivity contribution in [2.24, 2.45) is 7.05 Å². The number of nitro benzene ring substituents is 1. The predicted molar refractivity (Wildman–Crippen MR) is 91.8 cm³/mol. The zero-order chi connectivity index (χ0) is 18.6. The molecule has 1 amide bonds. The third kappa shape index (κ3) is 4.43. The molecule has 2 rings (SSSR count). The number of pyridine rings is 1. The molecule has 0 N–H and O–H groups in total. The van der Waals surface area contributed by atoms with Crippen molar-refractivity contribution < 1.29 is 14.5 Å². The predicted octanol–water partition coefficient (Wildman–Crippen LogP) is 2.53. The van der Waals surface area contributed by atoms with Gasteiger partial charge in [0.25, 0.3) is 11.2 Å². The lowest BCUT2D eigenvalue weighted by atomic mass is 10.0. The molecule has 132 valence electrons. The second-order valence-corrected chi connectivity index (χ2v) is 5.78. The number of aromatic nitrogens is 1. The minimum Gasteiger partial charge on any atom is -0.410 e. The molecule has 8 heteroatoms. The van der Waals surface area contributed by atoms with Gasteiger partial charge in [-0.3, -0.25) is 14.9 Å². The Kier molecular flexibility index (Phi) is 5.53. The molecule has 1 atom stereocenters. The van der Waals surface area contributed by atoms with Gasteiger partial charge in [0.2, 0.25) is 0 Å². The van der Waals surface area contributed by atoms with Crippen LogP contribution in [-0.4, -0.2) is 34.1 Å². The fourth-order valence-corrected chi connectivity index (χ4v) is 2.39. The first-order chi connectivity index (χ1) is 11.8. The highest BCUT2D eigenvalue weighted by molar-refractivity contribution is 5.70. The topological polar surface area (TPSA) is 94.7 Å². The summed E-state index contributed by atoms with van der Waals surface area (Å²) >= 11 is 0. The summed E-state index contributed by atoms with van der Waals surface area (Å²) in [5.41, 5.74) is 0.425. The molecule has 2 aromatic rings. The molecule has 0 aliphatic heterocycles. The molecule has 0 bridgehead atoms. The van der Waals surface area contributed by atoms with Crippen molar-refractivity contribution in [1.29, 1.82) is 0 Å². The lowest BCUT2D eigenvalue weighted by Gasteiger charge is -2.21. The molecule has 1 heterocycles. The van der Waals surface area contributed by atoms with Crippen molar-refractivity contribution in [3.63, 3.8) is 0 Å². The van der Waals surface area contributed by atoms with E-state index >= 15 is 0 Å². The van der Waals surface area contributed by atoms with Crippen LogP contribution in [0.25, 0.3) is 0 Å². The number of carbonyl (C=O) groups excluding carboxylic acids is 1. The Hall–Kier alpha value is -3.16. The number of hydrogen-bond donors (Lipinski definition) is 0. The number of hydrogen-bond acceptors (Lipinski definition) is 5. The summed E-state index contributed by atoms with van der Waals surface area (Å²) in [6, 6.07) is 8.77. The van der Waals surface area contributed by atoms with Crippen LogP contribution in [0.4, 0.5) is 10.5 Å². The molecule has 1 aromatic carbocycles. The fraction of sp³-hybridized carbons (Fsp3) is 0.294. The van der Waals surface area contributed by atoms with Crippen LogP contribution in [0.15, 0.2) is 47.4 Å². The summed E-state index contributed by atoms with van der Waals surface area (Å²) in [6.07, 6.45) is 1.07. The van der Waals surface area contributed by atoms with Crippen LogP contribution in [0, 0.1) is 10.1 Å². The number of aryl methyl sites for hydroxylation is 1.